The SMILES string of the molecule is Fc1cccc(Cc2[nH]nc3c2Cc2ccc(F)cc2-3)c1. The topological polar surface area (TPSA) is 28.7 Å². The van der Waals surface area contributed by atoms with Crippen LogP contribution in [0.1, 0.15) is 22.4 Å². The van der Waals surface area contributed by atoms with Gasteiger partial charge in [-0.3, -0.25) is 5.10 Å². The summed E-state index contributed by atoms with van der Waals surface area (Å²) in [5.41, 5.74) is 5.70. The number of halogens is 2. The Morgan fingerprint density at radius 3 is 2.76 bits per heavy atom. The molecule has 2 aromatic carbocycles. The van der Waals surface area contributed by atoms with Gasteiger partial charge in [0.15, 0.2) is 0 Å². The third-order valence-electron chi connectivity index (χ3n) is 3.92. The fourth-order valence-corrected chi connectivity index (χ4v) is 2.93. The molecule has 1 aliphatic rings. The molecule has 0 radical (unpaired) electrons. The fourth-order valence-electron chi connectivity index (χ4n) is 2.93. The molecular weight excluding hydrogens is 270 g/mol. The molecule has 0 amide bonds. The van der Waals surface area contributed by atoms with Crippen LogP contribution in [-0.4, -0.2) is 10.2 Å². The molecule has 1 aromatic heterocycles. The summed E-state index contributed by atoms with van der Waals surface area (Å²) in [4.78, 5) is 0. The molecule has 3 aromatic rings. The van der Waals surface area contributed by atoms with Gasteiger partial charge in [0.2, 0.25) is 0 Å². The van der Waals surface area contributed by atoms with E-state index in [1.54, 1.807) is 12.1 Å². The maximum Gasteiger partial charge on any atom is 0.123 e. The predicted octanol–water partition coefficient (Wildman–Crippen LogP) is 3.85. The van der Waals surface area contributed by atoms with Crippen molar-refractivity contribution in [1.82, 2.24) is 10.2 Å². The molecular formula is C17H12F2N2. The number of aromatic nitrogens is 2. The second kappa shape index (κ2) is 4.52. The Balaban J connectivity index is 1.72. The van der Waals surface area contributed by atoms with Crippen molar-refractivity contribution in [3.8, 4) is 11.3 Å². The van der Waals surface area contributed by atoms with Crippen LogP contribution < -0.4 is 0 Å². The van der Waals surface area contributed by atoms with Crippen molar-refractivity contribution in [2.24, 2.45) is 0 Å². The minimum atomic E-state index is -0.253. The second-order valence-corrected chi connectivity index (χ2v) is 5.31. The van der Waals surface area contributed by atoms with Crippen LogP contribution in [0.3, 0.4) is 0 Å². The van der Waals surface area contributed by atoms with Gasteiger partial charge >= 0.3 is 0 Å². The molecule has 1 heterocycles. The number of aromatic amines is 1. The molecule has 4 rings (SSSR count). The van der Waals surface area contributed by atoms with E-state index < -0.39 is 0 Å². The van der Waals surface area contributed by atoms with Crippen LogP contribution in [0, 0.1) is 11.6 Å². The van der Waals surface area contributed by atoms with Gasteiger partial charge in [-0.05, 0) is 35.4 Å². The molecule has 4 heteroatoms. The van der Waals surface area contributed by atoms with E-state index in [2.05, 4.69) is 10.2 Å². The quantitative estimate of drug-likeness (QED) is 0.594. The van der Waals surface area contributed by atoms with Gasteiger partial charge in [-0.25, -0.2) is 8.78 Å². The minimum Gasteiger partial charge on any atom is -0.281 e. The zero-order chi connectivity index (χ0) is 14.4. The van der Waals surface area contributed by atoms with Crippen molar-refractivity contribution >= 4 is 0 Å². The molecule has 0 saturated heterocycles. The maximum absolute atomic E-state index is 13.4. The van der Waals surface area contributed by atoms with E-state index in [0.717, 1.165) is 40.1 Å². The lowest BCUT2D eigenvalue weighted by Gasteiger charge is -2.02. The van der Waals surface area contributed by atoms with Gasteiger partial charge in [0.05, 0.1) is 5.69 Å². The second-order valence-electron chi connectivity index (χ2n) is 5.31. The van der Waals surface area contributed by atoms with Crippen molar-refractivity contribution in [2.45, 2.75) is 12.8 Å². The molecule has 0 atom stereocenters. The lowest BCUT2D eigenvalue weighted by Crippen LogP contribution is -1.94. The lowest BCUT2D eigenvalue weighted by atomic mass is 10.0. The Bertz CT molecular complexity index is 837. The molecule has 1 aliphatic carbocycles. The van der Waals surface area contributed by atoms with Gasteiger partial charge in [-0.1, -0.05) is 18.2 Å². The van der Waals surface area contributed by atoms with E-state index in [4.69, 9.17) is 0 Å². The number of rotatable bonds is 2. The monoisotopic (exact) mass is 282 g/mol. The van der Waals surface area contributed by atoms with E-state index in [-0.39, 0.29) is 11.6 Å². The molecule has 0 spiro atoms. The first-order valence-corrected chi connectivity index (χ1v) is 6.80. The van der Waals surface area contributed by atoms with Gasteiger partial charge in [-0.15, -0.1) is 0 Å². The third-order valence-corrected chi connectivity index (χ3v) is 3.92. The first kappa shape index (κ1) is 12.3. The fraction of sp³-hybridized carbons (Fsp3) is 0.118. The van der Waals surface area contributed by atoms with E-state index in [0.29, 0.717) is 6.42 Å². The highest BCUT2D eigenvalue weighted by molar-refractivity contribution is 5.74. The van der Waals surface area contributed by atoms with Gasteiger partial charge in [0.25, 0.3) is 0 Å². The predicted molar refractivity (Wildman–Crippen MR) is 76.0 cm³/mol. The summed E-state index contributed by atoms with van der Waals surface area (Å²) in [6.07, 6.45) is 1.34. The molecule has 0 aliphatic heterocycles. The maximum atomic E-state index is 13.4. The van der Waals surface area contributed by atoms with E-state index in [1.807, 2.05) is 6.07 Å². The molecule has 0 saturated carbocycles. The molecule has 21 heavy (non-hydrogen) atoms. The lowest BCUT2D eigenvalue weighted by molar-refractivity contribution is 0.626. The molecule has 0 unspecified atom stereocenters. The first-order valence-electron chi connectivity index (χ1n) is 6.80. The van der Waals surface area contributed by atoms with Crippen molar-refractivity contribution in [2.75, 3.05) is 0 Å². The summed E-state index contributed by atoms with van der Waals surface area (Å²) < 4.78 is 26.6. The van der Waals surface area contributed by atoms with Crippen LogP contribution in [0.15, 0.2) is 42.5 Å². The van der Waals surface area contributed by atoms with Crippen molar-refractivity contribution in [3.63, 3.8) is 0 Å². The average molecular weight is 282 g/mol. The Labute approximate surface area is 120 Å². The van der Waals surface area contributed by atoms with Crippen molar-refractivity contribution < 1.29 is 8.78 Å². The number of nitrogens with one attached hydrogen (secondary N) is 1. The van der Waals surface area contributed by atoms with Crippen molar-refractivity contribution in [1.29, 1.82) is 0 Å². The van der Waals surface area contributed by atoms with Crippen LogP contribution in [0.2, 0.25) is 0 Å². The van der Waals surface area contributed by atoms with E-state index >= 15 is 0 Å². The number of hydrogen-bond donors (Lipinski definition) is 1. The summed E-state index contributed by atoms with van der Waals surface area (Å²) in [7, 11) is 0. The molecule has 1 N–H and O–H groups in total. The highest BCUT2D eigenvalue weighted by Gasteiger charge is 2.24. The molecule has 0 bridgehead atoms. The number of fused-ring (bicyclic) bond motifs is 3. The molecule has 0 fully saturated rings. The van der Waals surface area contributed by atoms with Crippen LogP contribution in [-0.2, 0) is 12.8 Å². The summed E-state index contributed by atoms with van der Waals surface area (Å²) in [5.74, 6) is -0.495. The standard InChI is InChI=1S/C17H12F2N2/c18-12-3-1-2-10(6-12)7-16-15-8-11-4-5-13(19)9-14(11)17(15)21-20-16/h1-6,9H,7-8H2,(H,20,21). The van der Waals surface area contributed by atoms with Gasteiger partial charge in [-0.2, -0.15) is 5.10 Å². The summed E-state index contributed by atoms with van der Waals surface area (Å²) >= 11 is 0. The van der Waals surface area contributed by atoms with Gasteiger partial charge in [0, 0.05) is 29.7 Å². The Kier molecular flexibility index (Phi) is 2.64. The Morgan fingerprint density at radius 1 is 1.05 bits per heavy atom. The summed E-state index contributed by atoms with van der Waals surface area (Å²) in [6, 6.07) is 11.3. The van der Waals surface area contributed by atoms with Crippen LogP contribution in [0.25, 0.3) is 11.3 Å². The van der Waals surface area contributed by atoms with Gasteiger partial charge < -0.3 is 0 Å². The number of hydrogen-bond acceptors (Lipinski definition) is 1. The normalized spacial score (nSPS) is 12.3. The highest BCUT2D eigenvalue weighted by atomic mass is 19.1. The zero-order valence-electron chi connectivity index (χ0n) is 11.2. The van der Waals surface area contributed by atoms with Crippen LogP contribution in [0.4, 0.5) is 8.78 Å². The van der Waals surface area contributed by atoms with Gasteiger partial charge in [0.1, 0.15) is 11.6 Å². The van der Waals surface area contributed by atoms with E-state index in [9.17, 15) is 8.78 Å². The third kappa shape index (κ3) is 2.03. The largest absolute Gasteiger partial charge is 0.281 e. The zero-order valence-corrected chi connectivity index (χ0v) is 11.2. The summed E-state index contributed by atoms with van der Waals surface area (Å²) in [5, 5.41) is 7.32. The van der Waals surface area contributed by atoms with E-state index in [1.165, 1.54) is 24.3 Å². The smallest absolute Gasteiger partial charge is 0.123 e. The highest BCUT2D eigenvalue weighted by Crippen LogP contribution is 2.37. The Hall–Kier alpha value is -2.49. The van der Waals surface area contributed by atoms with Crippen LogP contribution >= 0.6 is 0 Å². The molecule has 2 nitrogen and oxygen atoms in total. The molecule has 104 valence electrons. The Morgan fingerprint density at radius 2 is 1.90 bits per heavy atom. The average Bonchev–Trinajstić information content (AvgIpc) is 2.99. The van der Waals surface area contributed by atoms with Crippen molar-refractivity contribution in [3.05, 3.63) is 76.5 Å². The minimum absolute atomic E-state index is 0.242. The number of H-pyrrole nitrogens is 1. The first-order chi connectivity index (χ1) is 10.2. The van der Waals surface area contributed by atoms with Crippen LogP contribution in [0.5, 0.6) is 0 Å². The summed E-state index contributed by atoms with van der Waals surface area (Å²) in [6.45, 7) is 0. The number of nitrogens with zero attached hydrogens (tertiary/aromatic N) is 1. The number of benzene rings is 2.